The molecule has 4 N–H and O–H groups in total. The van der Waals surface area contributed by atoms with E-state index in [-0.39, 0.29) is 19.1 Å². The number of anilines is 1. The van der Waals surface area contributed by atoms with Crippen LogP contribution in [0.25, 0.3) is 0 Å². The molecule has 1 heterocycles. The summed E-state index contributed by atoms with van der Waals surface area (Å²) in [6.07, 6.45) is 0.311. The lowest BCUT2D eigenvalue weighted by Crippen LogP contribution is -2.32. The molecule has 2 aromatic carbocycles. The third-order valence-electron chi connectivity index (χ3n) is 5.43. The number of carbonyl (C=O) groups is 1. The number of fused-ring (bicyclic) bond motifs is 1. The van der Waals surface area contributed by atoms with Crippen molar-refractivity contribution >= 4 is 11.6 Å². The molecule has 1 aliphatic heterocycles. The molecule has 9 heteroatoms. The minimum absolute atomic E-state index is 0.0924. The van der Waals surface area contributed by atoms with Gasteiger partial charge in [-0.1, -0.05) is 6.07 Å². The van der Waals surface area contributed by atoms with Gasteiger partial charge in [0.05, 0.1) is 26.0 Å². The van der Waals surface area contributed by atoms with Crippen molar-refractivity contribution in [1.29, 1.82) is 0 Å². The number of aliphatic hydroxyl groups excluding tert-OH is 2. The average molecular weight is 475 g/mol. The molecule has 0 bridgehead atoms. The minimum atomic E-state index is -0.703. The Kier molecular flexibility index (Phi) is 9.38. The van der Waals surface area contributed by atoms with Crippen LogP contribution < -0.4 is 29.6 Å². The fourth-order valence-electron chi connectivity index (χ4n) is 3.68. The number of benzene rings is 2. The summed E-state index contributed by atoms with van der Waals surface area (Å²) in [5.74, 6) is 2.38. The second-order valence-corrected chi connectivity index (χ2v) is 8.23. The van der Waals surface area contributed by atoms with E-state index in [0.717, 1.165) is 17.5 Å². The zero-order valence-corrected chi connectivity index (χ0v) is 19.9. The van der Waals surface area contributed by atoms with Gasteiger partial charge in [0.25, 0.3) is 0 Å². The summed E-state index contributed by atoms with van der Waals surface area (Å²) in [5.41, 5.74) is 2.50. The molecule has 34 heavy (non-hydrogen) atoms. The topological polar surface area (TPSA) is 119 Å². The van der Waals surface area contributed by atoms with Crippen LogP contribution >= 0.6 is 0 Å². The summed E-state index contributed by atoms with van der Waals surface area (Å²) in [4.78, 5) is 11.9. The SMILES string of the molecule is COc1ccc(CCNCC(O)COc2ccc(OCC(C)O)c3c2CCC(=O)N3)cc1OC. The summed E-state index contributed by atoms with van der Waals surface area (Å²) in [6, 6.07) is 9.27. The second-order valence-electron chi connectivity index (χ2n) is 8.23. The molecule has 0 saturated heterocycles. The first-order valence-corrected chi connectivity index (χ1v) is 11.4. The summed E-state index contributed by atoms with van der Waals surface area (Å²) in [5, 5.41) is 25.9. The molecule has 0 radical (unpaired) electrons. The van der Waals surface area contributed by atoms with Crippen LogP contribution in [0.4, 0.5) is 5.69 Å². The number of ether oxygens (including phenoxy) is 4. The quantitative estimate of drug-likeness (QED) is 0.325. The lowest BCUT2D eigenvalue weighted by Gasteiger charge is -2.24. The maximum atomic E-state index is 11.9. The molecule has 0 spiro atoms. The lowest BCUT2D eigenvalue weighted by molar-refractivity contribution is -0.116. The summed E-state index contributed by atoms with van der Waals surface area (Å²) >= 11 is 0. The third kappa shape index (κ3) is 6.99. The van der Waals surface area contributed by atoms with Gasteiger partial charge in [0.1, 0.15) is 30.8 Å². The number of amides is 1. The number of nitrogens with one attached hydrogen (secondary N) is 2. The van der Waals surface area contributed by atoms with Crippen molar-refractivity contribution in [3.8, 4) is 23.0 Å². The number of rotatable bonds is 13. The molecular formula is C25H34N2O7. The maximum absolute atomic E-state index is 11.9. The number of hydrogen-bond acceptors (Lipinski definition) is 8. The van der Waals surface area contributed by atoms with Crippen LogP contribution in [0.3, 0.4) is 0 Å². The molecule has 3 rings (SSSR count). The minimum Gasteiger partial charge on any atom is -0.493 e. The van der Waals surface area contributed by atoms with E-state index >= 15 is 0 Å². The highest BCUT2D eigenvalue weighted by atomic mass is 16.5. The van der Waals surface area contributed by atoms with Crippen LogP contribution in [0.5, 0.6) is 23.0 Å². The largest absolute Gasteiger partial charge is 0.493 e. The molecule has 186 valence electrons. The molecule has 0 fully saturated rings. The first-order chi connectivity index (χ1) is 16.4. The zero-order chi connectivity index (χ0) is 24.5. The fourth-order valence-corrected chi connectivity index (χ4v) is 3.68. The van der Waals surface area contributed by atoms with Crippen LogP contribution in [0.15, 0.2) is 30.3 Å². The highest BCUT2D eigenvalue weighted by molar-refractivity contribution is 5.96. The van der Waals surface area contributed by atoms with Crippen LogP contribution in [-0.2, 0) is 17.6 Å². The highest BCUT2D eigenvalue weighted by Crippen LogP contribution is 2.39. The number of aliphatic hydroxyl groups is 2. The van der Waals surface area contributed by atoms with Gasteiger partial charge in [-0.3, -0.25) is 4.79 Å². The van der Waals surface area contributed by atoms with Crippen LogP contribution in [-0.4, -0.2) is 68.9 Å². The first-order valence-electron chi connectivity index (χ1n) is 11.4. The van der Waals surface area contributed by atoms with Gasteiger partial charge in [0.2, 0.25) is 5.91 Å². The molecule has 0 aromatic heterocycles. The van der Waals surface area contributed by atoms with E-state index in [9.17, 15) is 15.0 Å². The van der Waals surface area contributed by atoms with Crippen molar-refractivity contribution in [1.82, 2.24) is 5.32 Å². The fraction of sp³-hybridized carbons (Fsp3) is 0.480. The van der Waals surface area contributed by atoms with Gasteiger partial charge >= 0.3 is 0 Å². The molecular weight excluding hydrogens is 440 g/mol. The predicted molar refractivity (Wildman–Crippen MR) is 128 cm³/mol. The molecule has 2 unspecified atom stereocenters. The molecule has 9 nitrogen and oxygen atoms in total. The van der Waals surface area contributed by atoms with Crippen LogP contribution in [0, 0.1) is 0 Å². The predicted octanol–water partition coefficient (Wildman–Crippen LogP) is 1.92. The maximum Gasteiger partial charge on any atom is 0.224 e. The Morgan fingerprint density at radius 2 is 1.68 bits per heavy atom. The van der Waals surface area contributed by atoms with Crippen LogP contribution in [0.2, 0.25) is 0 Å². The number of carbonyl (C=O) groups excluding carboxylic acids is 1. The van der Waals surface area contributed by atoms with E-state index in [1.807, 2.05) is 18.2 Å². The molecule has 0 saturated carbocycles. The zero-order valence-electron chi connectivity index (χ0n) is 19.9. The highest BCUT2D eigenvalue weighted by Gasteiger charge is 2.23. The van der Waals surface area contributed by atoms with Gasteiger partial charge in [0, 0.05) is 18.5 Å². The van der Waals surface area contributed by atoms with Crippen molar-refractivity contribution in [2.45, 2.75) is 38.4 Å². The molecule has 1 aliphatic rings. The van der Waals surface area contributed by atoms with Crippen molar-refractivity contribution < 1.29 is 34.0 Å². The summed E-state index contributed by atoms with van der Waals surface area (Å²) in [6.45, 7) is 2.92. The third-order valence-corrected chi connectivity index (χ3v) is 5.43. The molecule has 0 aliphatic carbocycles. The Labute approximate surface area is 200 Å². The van der Waals surface area contributed by atoms with E-state index in [1.165, 1.54) is 0 Å². The van der Waals surface area contributed by atoms with Crippen molar-refractivity contribution in [3.05, 3.63) is 41.5 Å². The smallest absolute Gasteiger partial charge is 0.224 e. The molecule has 2 atom stereocenters. The van der Waals surface area contributed by atoms with Gasteiger partial charge in [-0.2, -0.15) is 0 Å². The number of hydrogen-bond donors (Lipinski definition) is 4. The normalized spacial score (nSPS) is 14.6. The van der Waals surface area contributed by atoms with Gasteiger partial charge in [-0.15, -0.1) is 0 Å². The van der Waals surface area contributed by atoms with Gasteiger partial charge in [-0.25, -0.2) is 0 Å². The van der Waals surface area contributed by atoms with E-state index in [1.54, 1.807) is 33.3 Å². The Hall–Kier alpha value is -3.01. The Morgan fingerprint density at radius 3 is 2.41 bits per heavy atom. The van der Waals surface area contributed by atoms with E-state index < -0.39 is 12.2 Å². The molecule has 1 amide bonds. The van der Waals surface area contributed by atoms with Crippen LogP contribution in [0.1, 0.15) is 24.5 Å². The Morgan fingerprint density at radius 1 is 0.971 bits per heavy atom. The van der Waals surface area contributed by atoms with Gasteiger partial charge < -0.3 is 39.8 Å². The summed E-state index contributed by atoms with van der Waals surface area (Å²) in [7, 11) is 3.21. The van der Waals surface area contributed by atoms with Crippen molar-refractivity contribution in [3.63, 3.8) is 0 Å². The van der Waals surface area contributed by atoms with Gasteiger partial charge in [0.15, 0.2) is 11.5 Å². The summed E-state index contributed by atoms with van der Waals surface area (Å²) < 4.78 is 22.1. The van der Waals surface area contributed by atoms with E-state index in [4.69, 9.17) is 18.9 Å². The second kappa shape index (κ2) is 12.5. The van der Waals surface area contributed by atoms with Crippen molar-refractivity contribution in [2.24, 2.45) is 0 Å². The van der Waals surface area contributed by atoms with Crippen molar-refractivity contribution in [2.75, 3.05) is 45.8 Å². The molecule has 2 aromatic rings. The monoisotopic (exact) mass is 474 g/mol. The van der Waals surface area contributed by atoms with Gasteiger partial charge in [-0.05, 0) is 56.1 Å². The number of methoxy groups -OCH3 is 2. The van der Waals surface area contributed by atoms with E-state index in [0.29, 0.717) is 54.6 Å². The lowest BCUT2D eigenvalue weighted by atomic mass is 10.0. The Bertz CT molecular complexity index is 965. The van der Waals surface area contributed by atoms with E-state index in [2.05, 4.69) is 10.6 Å². The standard InChI is InChI=1S/C25H34N2O7/c1-16(28)14-33-22-8-7-20(19-5-9-24(30)27-25(19)22)34-15-18(29)13-26-11-10-17-4-6-21(31-2)23(12-17)32-3/h4,6-8,12,16,18,26,28-29H,5,9-11,13-15H2,1-3H3,(H,27,30). The Balaban J connectivity index is 1.49. The average Bonchev–Trinajstić information content (AvgIpc) is 2.83. The first kappa shape index (κ1) is 25.6.